The molecule has 1 saturated heterocycles. The lowest BCUT2D eigenvalue weighted by Gasteiger charge is -2.38. The molecule has 2 aliphatic rings. The van der Waals surface area contributed by atoms with E-state index in [0.717, 1.165) is 24.2 Å². The first-order valence-electron chi connectivity index (χ1n) is 9.44. The number of ether oxygens (including phenoxy) is 2. The Morgan fingerprint density at radius 3 is 2.88 bits per heavy atom. The van der Waals surface area contributed by atoms with Crippen LogP contribution in [0.5, 0.6) is 5.75 Å². The van der Waals surface area contributed by atoms with E-state index in [4.69, 9.17) is 9.47 Å². The van der Waals surface area contributed by atoms with Gasteiger partial charge in [-0.05, 0) is 57.2 Å². The van der Waals surface area contributed by atoms with Crippen LogP contribution >= 0.6 is 0 Å². The maximum absolute atomic E-state index is 12.4. The van der Waals surface area contributed by atoms with Crippen LogP contribution in [0.2, 0.25) is 0 Å². The summed E-state index contributed by atoms with van der Waals surface area (Å²) in [6, 6.07) is 8.03. The van der Waals surface area contributed by atoms with Crippen molar-refractivity contribution in [2.45, 2.75) is 64.2 Å². The van der Waals surface area contributed by atoms with E-state index in [1.807, 2.05) is 43.0 Å². The van der Waals surface area contributed by atoms with Crippen LogP contribution < -0.4 is 10.1 Å². The molecule has 1 saturated carbocycles. The number of benzene rings is 1. The zero-order valence-corrected chi connectivity index (χ0v) is 15.4. The minimum absolute atomic E-state index is 0.0324. The largest absolute Gasteiger partial charge is 0.490 e. The van der Waals surface area contributed by atoms with Gasteiger partial charge in [-0.1, -0.05) is 18.6 Å². The lowest BCUT2D eigenvalue weighted by atomic mass is 9.98. The SMILES string of the molecule is CC1(C)CN(C(=O)NCc2cccc(OC3CCCCC3)c2)CCO1. The van der Waals surface area contributed by atoms with E-state index in [1.54, 1.807) is 0 Å². The molecule has 1 aliphatic carbocycles. The van der Waals surface area contributed by atoms with Gasteiger partial charge in [0, 0.05) is 13.1 Å². The molecular formula is C20H30N2O3. The molecule has 5 heteroatoms. The van der Waals surface area contributed by atoms with E-state index in [0.29, 0.717) is 32.3 Å². The Morgan fingerprint density at radius 1 is 1.32 bits per heavy atom. The molecule has 0 atom stereocenters. The summed E-state index contributed by atoms with van der Waals surface area (Å²) in [5.74, 6) is 0.908. The van der Waals surface area contributed by atoms with Crippen molar-refractivity contribution in [3.8, 4) is 5.75 Å². The first-order chi connectivity index (χ1) is 12.0. The second-order valence-corrected chi connectivity index (χ2v) is 7.71. The summed E-state index contributed by atoms with van der Waals surface area (Å²) in [5, 5.41) is 3.01. The van der Waals surface area contributed by atoms with E-state index in [9.17, 15) is 4.79 Å². The summed E-state index contributed by atoms with van der Waals surface area (Å²) in [7, 11) is 0. The zero-order valence-electron chi connectivity index (χ0n) is 15.4. The van der Waals surface area contributed by atoms with Crippen LogP contribution in [0.4, 0.5) is 4.79 Å². The van der Waals surface area contributed by atoms with Gasteiger partial charge in [0.2, 0.25) is 0 Å². The Bertz CT molecular complexity index is 582. The topological polar surface area (TPSA) is 50.8 Å². The second kappa shape index (κ2) is 8.09. The van der Waals surface area contributed by atoms with Gasteiger partial charge < -0.3 is 19.7 Å². The first kappa shape index (κ1) is 18.1. The maximum Gasteiger partial charge on any atom is 0.317 e. The van der Waals surface area contributed by atoms with Crippen LogP contribution in [-0.2, 0) is 11.3 Å². The van der Waals surface area contributed by atoms with E-state index in [-0.39, 0.29) is 11.6 Å². The fourth-order valence-electron chi connectivity index (χ4n) is 3.58. The molecular weight excluding hydrogens is 316 g/mol. The Hall–Kier alpha value is -1.75. The fraction of sp³-hybridized carbons (Fsp3) is 0.650. The van der Waals surface area contributed by atoms with Crippen molar-refractivity contribution in [1.29, 1.82) is 0 Å². The minimum atomic E-state index is -0.274. The average Bonchev–Trinajstić information content (AvgIpc) is 2.60. The maximum atomic E-state index is 12.4. The highest BCUT2D eigenvalue weighted by molar-refractivity contribution is 5.74. The molecule has 1 aliphatic heterocycles. The Balaban J connectivity index is 1.50. The van der Waals surface area contributed by atoms with Crippen molar-refractivity contribution in [2.75, 3.05) is 19.7 Å². The third kappa shape index (κ3) is 5.36. The monoisotopic (exact) mass is 346 g/mol. The van der Waals surface area contributed by atoms with Crippen LogP contribution in [-0.4, -0.2) is 42.3 Å². The minimum Gasteiger partial charge on any atom is -0.490 e. The highest BCUT2D eigenvalue weighted by Gasteiger charge is 2.29. The third-order valence-electron chi connectivity index (χ3n) is 4.91. The van der Waals surface area contributed by atoms with Gasteiger partial charge in [0.05, 0.1) is 24.9 Å². The summed E-state index contributed by atoms with van der Waals surface area (Å²) in [6.45, 7) is 6.38. The number of amides is 2. The highest BCUT2D eigenvalue weighted by Crippen LogP contribution is 2.24. The summed E-state index contributed by atoms with van der Waals surface area (Å²) in [4.78, 5) is 14.2. The normalized spacial score (nSPS) is 21.0. The second-order valence-electron chi connectivity index (χ2n) is 7.71. The van der Waals surface area contributed by atoms with E-state index < -0.39 is 0 Å². The predicted molar refractivity (Wildman–Crippen MR) is 97.8 cm³/mol. The molecule has 3 rings (SSSR count). The van der Waals surface area contributed by atoms with Crippen LogP contribution in [0.1, 0.15) is 51.5 Å². The number of nitrogens with one attached hydrogen (secondary N) is 1. The summed E-state index contributed by atoms with van der Waals surface area (Å²) in [6.07, 6.45) is 6.48. The summed E-state index contributed by atoms with van der Waals surface area (Å²) >= 11 is 0. The summed E-state index contributed by atoms with van der Waals surface area (Å²) in [5.41, 5.74) is 0.790. The van der Waals surface area contributed by atoms with E-state index in [1.165, 1.54) is 19.3 Å². The van der Waals surface area contributed by atoms with Gasteiger partial charge in [0.25, 0.3) is 0 Å². The Morgan fingerprint density at radius 2 is 2.12 bits per heavy atom. The summed E-state index contributed by atoms with van der Waals surface area (Å²) < 4.78 is 11.8. The Kier molecular flexibility index (Phi) is 5.84. The fourth-order valence-corrected chi connectivity index (χ4v) is 3.58. The molecule has 25 heavy (non-hydrogen) atoms. The van der Waals surface area contributed by atoms with Gasteiger partial charge in [-0.25, -0.2) is 4.79 Å². The van der Waals surface area contributed by atoms with Crippen molar-refractivity contribution in [1.82, 2.24) is 10.2 Å². The lowest BCUT2D eigenvalue weighted by Crippen LogP contribution is -2.53. The smallest absolute Gasteiger partial charge is 0.317 e. The average molecular weight is 346 g/mol. The van der Waals surface area contributed by atoms with Crippen LogP contribution in [0.25, 0.3) is 0 Å². The number of morpholine rings is 1. The van der Waals surface area contributed by atoms with E-state index in [2.05, 4.69) is 5.32 Å². The molecule has 0 bridgehead atoms. The molecule has 0 aromatic heterocycles. The van der Waals surface area contributed by atoms with Gasteiger partial charge in [-0.2, -0.15) is 0 Å². The van der Waals surface area contributed by atoms with Crippen LogP contribution in [0.3, 0.4) is 0 Å². The molecule has 1 heterocycles. The number of rotatable bonds is 4. The highest BCUT2D eigenvalue weighted by atomic mass is 16.5. The molecule has 5 nitrogen and oxygen atoms in total. The van der Waals surface area contributed by atoms with Gasteiger partial charge in [-0.3, -0.25) is 0 Å². The lowest BCUT2D eigenvalue weighted by molar-refractivity contribution is -0.0733. The quantitative estimate of drug-likeness (QED) is 0.904. The van der Waals surface area contributed by atoms with Crippen molar-refractivity contribution in [3.05, 3.63) is 29.8 Å². The van der Waals surface area contributed by atoms with E-state index >= 15 is 0 Å². The van der Waals surface area contributed by atoms with Crippen LogP contribution in [0.15, 0.2) is 24.3 Å². The number of carbonyl (C=O) groups excluding carboxylic acids is 1. The molecule has 2 amide bonds. The molecule has 1 aromatic rings. The predicted octanol–water partition coefficient (Wildman–Crippen LogP) is 3.72. The number of nitrogens with zero attached hydrogens (tertiary/aromatic N) is 1. The molecule has 0 unspecified atom stereocenters. The molecule has 2 fully saturated rings. The standard InChI is InChI=1S/C20H30N2O3/c1-20(2)15-22(11-12-24-20)19(23)21-14-16-7-6-10-18(13-16)25-17-8-4-3-5-9-17/h6-7,10,13,17H,3-5,8-9,11-12,14-15H2,1-2H3,(H,21,23). The molecule has 1 aromatic carbocycles. The third-order valence-corrected chi connectivity index (χ3v) is 4.91. The first-order valence-corrected chi connectivity index (χ1v) is 9.44. The van der Waals surface area contributed by atoms with Crippen LogP contribution in [0, 0.1) is 0 Å². The molecule has 1 N–H and O–H groups in total. The number of hydrogen-bond acceptors (Lipinski definition) is 3. The Labute approximate surface area is 150 Å². The van der Waals surface area contributed by atoms with Gasteiger partial charge in [-0.15, -0.1) is 0 Å². The van der Waals surface area contributed by atoms with Crippen molar-refractivity contribution >= 4 is 6.03 Å². The molecule has 0 radical (unpaired) electrons. The molecule has 0 spiro atoms. The van der Waals surface area contributed by atoms with Gasteiger partial charge in [0.15, 0.2) is 0 Å². The number of hydrogen-bond donors (Lipinski definition) is 1. The van der Waals surface area contributed by atoms with Gasteiger partial charge in [0.1, 0.15) is 5.75 Å². The number of carbonyl (C=O) groups is 1. The zero-order chi connectivity index (χ0) is 17.7. The van der Waals surface area contributed by atoms with Crippen molar-refractivity contribution in [3.63, 3.8) is 0 Å². The van der Waals surface area contributed by atoms with Crippen molar-refractivity contribution in [2.24, 2.45) is 0 Å². The number of urea groups is 1. The molecule has 138 valence electrons. The van der Waals surface area contributed by atoms with Gasteiger partial charge >= 0.3 is 6.03 Å². The van der Waals surface area contributed by atoms with Crippen molar-refractivity contribution < 1.29 is 14.3 Å².